The SMILES string of the molecule is CC(NC(=O)c1ccc(NC(=O)C2(c3ccccc3F)CC2)cc1)C(=O)O. The third-order valence-electron chi connectivity index (χ3n) is 4.70. The van der Waals surface area contributed by atoms with Gasteiger partial charge in [-0.15, -0.1) is 0 Å². The van der Waals surface area contributed by atoms with Crippen LogP contribution in [0.15, 0.2) is 48.5 Å². The number of anilines is 1. The summed E-state index contributed by atoms with van der Waals surface area (Å²) in [7, 11) is 0. The Hall–Kier alpha value is -3.22. The quantitative estimate of drug-likeness (QED) is 0.729. The van der Waals surface area contributed by atoms with Crippen molar-refractivity contribution in [1.29, 1.82) is 0 Å². The highest BCUT2D eigenvalue weighted by Crippen LogP contribution is 2.49. The molecule has 2 aromatic rings. The maximum absolute atomic E-state index is 14.1. The molecule has 0 spiro atoms. The fourth-order valence-electron chi connectivity index (χ4n) is 2.89. The second kappa shape index (κ2) is 7.19. The standard InChI is InChI=1S/C20H19FN2O4/c1-12(18(25)26)22-17(24)13-6-8-14(9-7-13)23-19(27)20(10-11-20)15-4-2-3-5-16(15)21/h2-9,12H,10-11H2,1H3,(H,22,24)(H,23,27)(H,25,26). The van der Waals surface area contributed by atoms with E-state index in [0.717, 1.165) is 0 Å². The van der Waals surface area contributed by atoms with Gasteiger partial charge in [0.25, 0.3) is 5.91 Å². The smallest absolute Gasteiger partial charge is 0.325 e. The highest BCUT2D eigenvalue weighted by Gasteiger charge is 2.52. The average Bonchev–Trinajstić information content (AvgIpc) is 3.44. The number of hydrogen-bond donors (Lipinski definition) is 3. The highest BCUT2D eigenvalue weighted by atomic mass is 19.1. The van der Waals surface area contributed by atoms with Crippen LogP contribution in [0.25, 0.3) is 0 Å². The normalized spacial score (nSPS) is 15.5. The van der Waals surface area contributed by atoms with Crippen molar-refractivity contribution in [3.8, 4) is 0 Å². The lowest BCUT2D eigenvalue weighted by Gasteiger charge is -2.16. The van der Waals surface area contributed by atoms with Crippen LogP contribution in [-0.4, -0.2) is 28.9 Å². The van der Waals surface area contributed by atoms with Crippen molar-refractivity contribution >= 4 is 23.5 Å². The number of carboxylic acid groups (broad SMARTS) is 1. The topological polar surface area (TPSA) is 95.5 Å². The van der Waals surface area contributed by atoms with Crippen molar-refractivity contribution in [2.24, 2.45) is 0 Å². The van der Waals surface area contributed by atoms with Crippen LogP contribution in [0.5, 0.6) is 0 Å². The first kappa shape index (κ1) is 18.6. The molecule has 1 saturated carbocycles. The zero-order valence-electron chi connectivity index (χ0n) is 14.7. The third kappa shape index (κ3) is 3.81. The third-order valence-corrected chi connectivity index (χ3v) is 4.70. The fourth-order valence-corrected chi connectivity index (χ4v) is 2.89. The molecule has 0 radical (unpaired) electrons. The summed E-state index contributed by atoms with van der Waals surface area (Å²) >= 11 is 0. The van der Waals surface area contributed by atoms with Crippen LogP contribution in [0, 0.1) is 5.82 Å². The Bertz CT molecular complexity index is 891. The molecule has 0 bridgehead atoms. The number of halogens is 1. The van der Waals surface area contributed by atoms with E-state index in [-0.39, 0.29) is 11.5 Å². The fraction of sp³-hybridized carbons (Fsp3) is 0.250. The summed E-state index contributed by atoms with van der Waals surface area (Å²) in [5, 5.41) is 13.9. The molecular weight excluding hydrogens is 351 g/mol. The largest absolute Gasteiger partial charge is 0.480 e. The Morgan fingerprint density at radius 2 is 1.70 bits per heavy atom. The summed E-state index contributed by atoms with van der Waals surface area (Å²) in [6.07, 6.45) is 1.15. The van der Waals surface area contributed by atoms with Gasteiger partial charge in [-0.3, -0.25) is 14.4 Å². The second-order valence-electron chi connectivity index (χ2n) is 6.63. The Kier molecular flexibility index (Phi) is 4.94. The molecule has 1 aliphatic carbocycles. The molecule has 0 heterocycles. The lowest BCUT2D eigenvalue weighted by atomic mass is 9.94. The first-order chi connectivity index (χ1) is 12.8. The molecule has 2 aromatic carbocycles. The minimum Gasteiger partial charge on any atom is -0.480 e. The lowest BCUT2D eigenvalue weighted by Crippen LogP contribution is -2.38. The number of aliphatic carboxylic acids is 1. The molecule has 0 saturated heterocycles. The van der Waals surface area contributed by atoms with E-state index in [1.807, 2.05) is 0 Å². The van der Waals surface area contributed by atoms with Crippen molar-refractivity contribution in [2.45, 2.75) is 31.2 Å². The molecule has 1 atom stereocenters. The van der Waals surface area contributed by atoms with Crippen LogP contribution >= 0.6 is 0 Å². The van der Waals surface area contributed by atoms with Gasteiger partial charge in [-0.05, 0) is 50.1 Å². The van der Waals surface area contributed by atoms with E-state index in [9.17, 15) is 18.8 Å². The Labute approximate surface area is 155 Å². The molecule has 1 fully saturated rings. The van der Waals surface area contributed by atoms with Gasteiger partial charge in [-0.25, -0.2) is 4.39 Å². The van der Waals surface area contributed by atoms with Crippen LogP contribution in [0.1, 0.15) is 35.7 Å². The molecule has 6 nitrogen and oxygen atoms in total. The number of carbonyl (C=O) groups is 3. The zero-order chi connectivity index (χ0) is 19.6. The van der Waals surface area contributed by atoms with E-state index in [0.29, 0.717) is 24.1 Å². The number of benzene rings is 2. The first-order valence-electron chi connectivity index (χ1n) is 8.54. The monoisotopic (exact) mass is 370 g/mol. The Balaban J connectivity index is 1.68. The van der Waals surface area contributed by atoms with Crippen LogP contribution in [-0.2, 0) is 15.0 Å². The van der Waals surface area contributed by atoms with Crippen molar-refractivity contribution < 1.29 is 23.9 Å². The van der Waals surface area contributed by atoms with Gasteiger partial charge in [0.1, 0.15) is 11.9 Å². The molecule has 2 amide bonds. The summed E-state index contributed by atoms with van der Waals surface area (Å²) in [6, 6.07) is 11.3. The van der Waals surface area contributed by atoms with Gasteiger partial charge in [0.05, 0.1) is 5.41 Å². The van der Waals surface area contributed by atoms with Gasteiger partial charge in [0, 0.05) is 16.8 Å². The van der Waals surface area contributed by atoms with E-state index in [1.165, 1.54) is 25.1 Å². The molecular formula is C20H19FN2O4. The van der Waals surface area contributed by atoms with E-state index in [1.54, 1.807) is 30.3 Å². The number of rotatable bonds is 6. The molecule has 1 aliphatic rings. The van der Waals surface area contributed by atoms with Crippen LogP contribution in [0.2, 0.25) is 0 Å². The molecule has 0 aromatic heterocycles. The van der Waals surface area contributed by atoms with Crippen molar-refractivity contribution in [1.82, 2.24) is 5.32 Å². The number of carbonyl (C=O) groups excluding carboxylic acids is 2. The van der Waals surface area contributed by atoms with Gasteiger partial charge in [0.15, 0.2) is 0 Å². The summed E-state index contributed by atoms with van der Waals surface area (Å²) in [6.45, 7) is 1.37. The van der Waals surface area contributed by atoms with E-state index in [4.69, 9.17) is 5.11 Å². The van der Waals surface area contributed by atoms with Crippen LogP contribution in [0.4, 0.5) is 10.1 Å². The molecule has 3 rings (SSSR count). The summed E-state index contributed by atoms with van der Waals surface area (Å²) < 4.78 is 14.1. The predicted molar refractivity (Wildman–Crippen MR) is 96.9 cm³/mol. The summed E-state index contributed by atoms with van der Waals surface area (Å²) in [5.41, 5.74) is 0.293. The first-order valence-corrected chi connectivity index (χ1v) is 8.54. The van der Waals surface area contributed by atoms with Gasteiger partial charge in [-0.1, -0.05) is 18.2 Å². The predicted octanol–water partition coefficient (Wildman–Crippen LogP) is 2.70. The Morgan fingerprint density at radius 3 is 2.26 bits per heavy atom. The summed E-state index contributed by atoms with van der Waals surface area (Å²) in [5.74, 6) is -2.34. The van der Waals surface area contributed by atoms with Gasteiger partial charge < -0.3 is 15.7 Å². The minimum atomic E-state index is -1.13. The zero-order valence-corrected chi connectivity index (χ0v) is 14.7. The molecule has 1 unspecified atom stereocenters. The van der Waals surface area contributed by atoms with Crippen molar-refractivity contribution in [2.75, 3.05) is 5.32 Å². The van der Waals surface area contributed by atoms with Crippen molar-refractivity contribution in [3.05, 3.63) is 65.5 Å². The highest BCUT2D eigenvalue weighted by molar-refractivity contribution is 6.02. The van der Waals surface area contributed by atoms with Crippen molar-refractivity contribution in [3.63, 3.8) is 0 Å². The van der Waals surface area contributed by atoms with Gasteiger partial charge in [-0.2, -0.15) is 0 Å². The Morgan fingerprint density at radius 1 is 1.07 bits per heavy atom. The number of hydrogen-bond acceptors (Lipinski definition) is 3. The number of carboxylic acids is 1. The molecule has 0 aliphatic heterocycles. The maximum atomic E-state index is 14.1. The molecule has 3 N–H and O–H groups in total. The van der Waals surface area contributed by atoms with E-state index < -0.39 is 29.2 Å². The lowest BCUT2D eigenvalue weighted by molar-refractivity contribution is -0.138. The number of nitrogens with one attached hydrogen (secondary N) is 2. The van der Waals surface area contributed by atoms with Crippen LogP contribution in [0.3, 0.4) is 0 Å². The van der Waals surface area contributed by atoms with Gasteiger partial charge in [0.2, 0.25) is 5.91 Å². The molecule has 27 heavy (non-hydrogen) atoms. The van der Waals surface area contributed by atoms with E-state index in [2.05, 4.69) is 10.6 Å². The van der Waals surface area contributed by atoms with E-state index >= 15 is 0 Å². The maximum Gasteiger partial charge on any atom is 0.325 e. The summed E-state index contributed by atoms with van der Waals surface area (Å²) in [4.78, 5) is 35.4. The molecule has 140 valence electrons. The van der Waals surface area contributed by atoms with Gasteiger partial charge >= 0.3 is 5.97 Å². The molecule has 7 heteroatoms. The second-order valence-corrected chi connectivity index (χ2v) is 6.63. The minimum absolute atomic E-state index is 0.274. The average molecular weight is 370 g/mol. The number of amides is 2. The van der Waals surface area contributed by atoms with Crippen LogP contribution < -0.4 is 10.6 Å².